The van der Waals surface area contributed by atoms with Crippen LogP contribution in [-0.2, 0) is 4.79 Å². The van der Waals surface area contributed by atoms with Gasteiger partial charge in [-0.1, -0.05) is 0 Å². The summed E-state index contributed by atoms with van der Waals surface area (Å²) in [5, 5.41) is 9.17. The van der Waals surface area contributed by atoms with E-state index in [1.165, 1.54) is 13.3 Å². The van der Waals surface area contributed by atoms with Crippen LogP contribution in [0.1, 0.15) is 13.3 Å². The Kier molecular flexibility index (Phi) is 3.29. The zero-order valence-corrected chi connectivity index (χ0v) is 14.5. The Morgan fingerprint density at radius 3 is 2.88 bits per heavy atom. The summed E-state index contributed by atoms with van der Waals surface area (Å²) in [5.41, 5.74) is 2.91. The van der Waals surface area contributed by atoms with E-state index in [1.807, 2.05) is 17.5 Å². The second kappa shape index (κ2) is 5.53. The lowest BCUT2D eigenvalue weighted by molar-refractivity contribution is -0.114. The van der Waals surface area contributed by atoms with Gasteiger partial charge in [-0.05, 0) is 18.6 Å². The van der Waals surface area contributed by atoms with Gasteiger partial charge in [0.05, 0.1) is 11.3 Å². The van der Waals surface area contributed by atoms with E-state index in [9.17, 15) is 4.79 Å². The van der Waals surface area contributed by atoms with E-state index in [0.717, 1.165) is 23.7 Å². The number of oxazole rings is 1. The van der Waals surface area contributed by atoms with Gasteiger partial charge >= 0.3 is 0 Å². The number of piperidine rings is 1. The first-order valence-electron chi connectivity index (χ1n) is 8.29. The number of nitrogens with zero attached hydrogens (tertiary/aromatic N) is 3. The number of hydrogen-bond donors (Lipinski definition) is 2. The Labute approximate surface area is 148 Å². The van der Waals surface area contributed by atoms with Gasteiger partial charge in [-0.25, -0.2) is 4.98 Å². The average molecular weight is 355 g/mol. The molecule has 6 rings (SSSR count). The van der Waals surface area contributed by atoms with Gasteiger partial charge in [0.15, 0.2) is 5.58 Å². The molecule has 3 aliphatic heterocycles. The molecule has 3 aromatic rings. The summed E-state index contributed by atoms with van der Waals surface area (Å²) < 4.78 is 6.16. The molecule has 3 aliphatic rings. The predicted molar refractivity (Wildman–Crippen MR) is 97.0 cm³/mol. The molecule has 3 fully saturated rings. The van der Waals surface area contributed by atoms with Gasteiger partial charge in [0.1, 0.15) is 10.5 Å². The molecule has 8 heteroatoms. The van der Waals surface area contributed by atoms with Crippen molar-refractivity contribution >= 4 is 40.0 Å². The monoisotopic (exact) mass is 355 g/mol. The molecule has 128 valence electrons. The summed E-state index contributed by atoms with van der Waals surface area (Å²) in [4.78, 5) is 22.8. The average Bonchev–Trinajstić information content (AvgIpc) is 3.24. The van der Waals surface area contributed by atoms with Crippen LogP contribution in [0.5, 0.6) is 0 Å². The molecule has 1 aromatic carbocycles. The van der Waals surface area contributed by atoms with Crippen molar-refractivity contribution < 1.29 is 9.21 Å². The molecule has 2 unspecified atom stereocenters. The standard InChI is InChI=1S/C17H17N5O2S/c1-9(23)19-13-3-2-12(16-18-4-5-25-16)15-14(13)21-17(24-15)22-7-10-6-11(8-22)20-10/h2-5,10-11,20H,6-8H2,1H3,(H,19,23). The Hall–Kier alpha value is -2.45. The SMILES string of the molecule is CC(=O)Nc1ccc(-c2nccs2)c2oc(N3CC4CC(C3)N4)nc12. The third-order valence-corrected chi connectivity index (χ3v) is 5.50. The third-order valence-electron chi connectivity index (χ3n) is 4.70. The summed E-state index contributed by atoms with van der Waals surface area (Å²) in [5.74, 6) is -0.128. The second-order valence-corrected chi connectivity index (χ2v) is 7.45. The highest BCUT2D eigenvalue weighted by Crippen LogP contribution is 2.37. The molecule has 0 aliphatic carbocycles. The van der Waals surface area contributed by atoms with Gasteiger partial charge in [-0.3, -0.25) is 4.79 Å². The third kappa shape index (κ3) is 2.49. The number of carbonyl (C=O) groups is 1. The van der Waals surface area contributed by atoms with Crippen molar-refractivity contribution in [1.82, 2.24) is 15.3 Å². The zero-order valence-electron chi connectivity index (χ0n) is 13.7. The number of carbonyl (C=O) groups excluding carboxylic acids is 1. The quantitative estimate of drug-likeness (QED) is 0.751. The van der Waals surface area contributed by atoms with E-state index in [1.54, 1.807) is 17.5 Å². The smallest absolute Gasteiger partial charge is 0.298 e. The number of nitrogens with one attached hydrogen (secondary N) is 2. The zero-order chi connectivity index (χ0) is 17.0. The maximum absolute atomic E-state index is 11.5. The van der Waals surface area contributed by atoms with Crippen molar-refractivity contribution in [3.8, 4) is 10.6 Å². The van der Waals surface area contributed by atoms with Crippen molar-refractivity contribution in [3.63, 3.8) is 0 Å². The summed E-state index contributed by atoms with van der Waals surface area (Å²) in [6.07, 6.45) is 2.99. The lowest BCUT2D eigenvalue weighted by atomic mass is 9.92. The molecule has 2 atom stereocenters. The fraction of sp³-hybridized carbons (Fsp3) is 0.353. The Morgan fingerprint density at radius 1 is 1.40 bits per heavy atom. The van der Waals surface area contributed by atoms with Gasteiger partial charge in [0.25, 0.3) is 6.01 Å². The van der Waals surface area contributed by atoms with Gasteiger partial charge in [-0.2, -0.15) is 4.98 Å². The first kappa shape index (κ1) is 14.9. The van der Waals surface area contributed by atoms with Crippen LogP contribution in [0, 0.1) is 0 Å². The van der Waals surface area contributed by atoms with Crippen LogP contribution < -0.4 is 15.5 Å². The minimum absolute atomic E-state index is 0.128. The molecule has 25 heavy (non-hydrogen) atoms. The first-order chi connectivity index (χ1) is 12.2. The van der Waals surface area contributed by atoms with Gasteiger partial charge in [0.2, 0.25) is 5.91 Å². The number of rotatable bonds is 3. The van der Waals surface area contributed by atoms with Gasteiger partial charge in [0, 0.05) is 43.7 Å². The summed E-state index contributed by atoms with van der Waals surface area (Å²) >= 11 is 1.55. The molecule has 5 heterocycles. The van der Waals surface area contributed by atoms with Gasteiger partial charge < -0.3 is 20.0 Å². The molecule has 2 bridgehead atoms. The molecule has 7 nitrogen and oxygen atoms in total. The highest BCUT2D eigenvalue weighted by Gasteiger charge is 2.38. The number of piperazine rings is 1. The molecule has 2 aromatic heterocycles. The summed E-state index contributed by atoms with van der Waals surface area (Å²) in [6.45, 7) is 3.28. The van der Waals surface area contributed by atoms with Crippen LogP contribution in [0.3, 0.4) is 0 Å². The first-order valence-corrected chi connectivity index (χ1v) is 9.17. The van der Waals surface area contributed by atoms with Crippen LogP contribution >= 0.6 is 11.3 Å². The van der Waals surface area contributed by atoms with Crippen molar-refractivity contribution in [1.29, 1.82) is 0 Å². The van der Waals surface area contributed by atoms with Crippen LogP contribution in [0.25, 0.3) is 21.7 Å². The lowest BCUT2D eigenvalue weighted by Crippen LogP contribution is -2.67. The number of aromatic nitrogens is 2. The van der Waals surface area contributed by atoms with Crippen LogP contribution in [-0.4, -0.2) is 41.0 Å². The normalized spacial score (nSPS) is 22.0. The fourth-order valence-electron chi connectivity index (χ4n) is 3.62. The number of hydrogen-bond acceptors (Lipinski definition) is 7. The minimum atomic E-state index is -0.128. The van der Waals surface area contributed by atoms with Crippen molar-refractivity contribution in [2.45, 2.75) is 25.4 Å². The maximum Gasteiger partial charge on any atom is 0.298 e. The van der Waals surface area contributed by atoms with Crippen molar-refractivity contribution in [2.24, 2.45) is 0 Å². The van der Waals surface area contributed by atoms with Crippen molar-refractivity contribution in [2.75, 3.05) is 23.3 Å². The molecule has 0 saturated carbocycles. The van der Waals surface area contributed by atoms with E-state index in [4.69, 9.17) is 9.40 Å². The minimum Gasteiger partial charge on any atom is -0.423 e. The summed E-state index contributed by atoms with van der Waals surface area (Å²) in [7, 11) is 0. The number of amides is 1. The Morgan fingerprint density at radius 2 is 2.20 bits per heavy atom. The van der Waals surface area contributed by atoms with Crippen molar-refractivity contribution in [3.05, 3.63) is 23.7 Å². The molecule has 3 saturated heterocycles. The number of fused-ring (bicyclic) bond motifs is 3. The molecule has 0 spiro atoms. The van der Waals surface area contributed by atoms with Gasteiger partial charge in [-0.15, -0.1) is 11.3 Å². The molecular formula is C17H17N5O2S. The van der Waals surface area contributed by atoms with E-state index < -0.39 is 0 Å². The topological polar surface area (TPSA) is 83.3 Å². The molecular weight excluding hydrogens is 338 g/mol. The van der Waals surface area contributed by atoms with Crippen LogP contribution in [0.4, 0.5) is 11.7 Å². The number of anilines is 2. The largest absolute Gasteiger partial charge is 0.423 e. The second-order valence-electron chi connectivity index (χ2n) is 6.55. The highest BCUT2D eigenvalue weighted by molar-refractivity contribution is 7.13. The van der Waals surface area contributed by atoms with Crippen LogP contribution in [0.2, 0.25) is 0 Å². The lowest BCUT2D eigenvalue weighted by Gasteiger charge is -2.47. The van der Waals surface area contributed by atoms with E-state index in [0.29, 0.717) is 34.9 Å². The maximum atomic E-state index is 11.5. The molecule has 0 radical (unpaired) electrons. The Bertz CT molecular complexity index is 936. The van der Waals surface area contributed by atoms with E-state index in [-0.39, 0.29) is 5.91 Å². The number of thiazole rings is 1. The predicted octanol–water partition coefficient (Wildman–Crippen LogP) is 2.46. The molecule has 1 amide bonds. The highest BCUT2D eigenvalue weighted by atomic mass is 32.1. The van der Waals surface area contributed by atoms with E-state index in [2.05, 4.69) is 20.5 Å². The number of benzene rings is 1. The molecule has 2 N–H and O–H groups in total. The fourth-order valence-corrected chi connectivity index (χ4v) is 4.28. The Balaban J connectivity index is 1.63. The summed E-state index contributed by atoms with van der Waals surface area (Å²) in [6, 6.07) is 5.43. The van der Waals surface area contributed by atoms with E-state index >= 15 is 0 Å². The van der Waals surface area contributed by atoms with Crippen LogP contribution in [0.15, 0.2) is 28.1 Å².